The number of amides is 2. The molecule has 6 nitrogen and oxygen atoms in total. The lowest BCUT2D eigenvalue weighted by atomic mass is 10.2. The Morgan fingerprint density at radius 1 is 1.29 bits per heavy atom. The Bertz CT molecular complexity index is 513. The van der Waals surface area contributed by atoms with Gasteiger partial charge in [0, 0.05) is 26.7 Å². The summed E-state index contributed by atoms with van der Waals surface area (Å²) >= 11 is 0. The van der Waals surface area contributed by atoms with Gasteiger partial charge in [0.15, 0.2) is 0 Å². The topological polar surface area (TPSA) is 72.9 Å². The van der Waals surface area contributed by atoms with E-state index in [-0.39, 0.29) is 19.0 Å². The third kappa shape index (κ3) is 4.11. The third-order valence-electron chi connectivity index (χ3n) is 3.60. The van der Waals surface area contributed by atoms with Gasteiger partial charge in [-0.2, -0.15) is 0 Å². The molecule has 0 aromatic heterocycles. The molecule has 1 heterocycles. The van der Waals surface area contributed by atoms with Crippen LogP contribution in [-0.2, 0) is 4.79 Å². The summed E-state index contributed by atoms with van der Waals surface area (Å²) < 4.78 is 0. The molecule has 2 amide bonds. The SMILES string of the molecule is CN(CCC(=O)O)C(=O)Nc1ccccc1N1CCCC1. The molecule has 0 spiro atoms. The summed E-state index contributed by atoms with van der Waals surface area (Å²) in [7, 11) is 1.59. The molecule has 1 aromatic carbocycles. The van der Waals surface area contributed by atoms with Gasteiger partial charge in [-0.1, -0.05) is 12.1 Å². The van der Waals surface area contributed by atoms with Crippen LogP contribution in [0.1, 0.15) is 19.3 Å². The monoisotopic (exact) mass is 291 g/mol. The fourth-order valence-corrected chi connectivity index (χ4v) is 2.39. The highest BCUT2D eigenvalue weighted by Crippen LogP contribution is 2.28. The quantitative estimate of drug-likeness (QED) is 0.872. The van der Waals surface area contributed by atoms with E-state index in [0.29, 0.717) is 0 Å². The minimum atomic E-state index is -0.910. The van der Waals surface area contributed by atoms with Crippen LogP contribution < -0.4 is 10.2 Å². The molecule has 21 heavy (non-hydrogen) atoms. The van der Waals surface area contributed by atoms with Crippen LogP contribution in [0.25, 0.3) is 0 Å². The molecule has 1 saturated heterocycles. The normalized spacial score (nSPS) is 14.0. The number of nitrogens with one attached hydrogen (secondary N) is 1. The van der Waals surface area contributed by atoms with E-state index in [1.807, 2.05) is 24.3 Å². The number of carbonyl (C=O) groups is 2. The molecule has 0 saturated carbocycles. The van der Waals surface area contributed by atoms with E-state index in [2.05, 4.69) is 10.2 Å². The first-order valence-electron chi connectivity index (χ1n) is 7.16. The zero-order valence-electron chi connectivity index (χ0n) is 12.2. The zero-order valence-corrected chi connectivity index (χ0v) is 12.2. The van der Waals surface area contributed by atoms with Gasteiger partial charge in [-0.3, -0.25) is 4.79 Å². The van der Waals surface area contributed by atoms with Gasteiger partial charge < -0.3 is 20.2 Å². The molecule has 1 aliphatic heterocycles. The number of hydrogen-bond acceptors (Lipinski definition) is 3. The van der Waals surface area contributed by atoms with Crippen LogP contribution in [0.2, 0.25) is 0 Å². The summed E-state index contributed by atoms with van der Waals surface area (Å²) in [6.07, 6.45) is 2.28. The molecule has 1 aliphatic rings. The molecule has 2 N–H and O–H groups in total. The van der Waals surface area contributed by atoms with Crippen molar-refractivity contribution in [3.63, 3.8) is 0 Å². The van der Waals surface area contributed by atoms with Crippen molar-refractivity contribution in [3.05, 3.63) is 24.3 Å². The number of rotatable bonds is 5. The number of para-hydroxylation sites is 2. The number of nitrogens with zero attached hydrogens (tertiary/aromatic N) is 2. The van der Waals surface area contributed by atoms with Crippen LogP contribution >= 0.6 is 0 Å². The Morgan fingerprint density at radius 2 is 1.95 bits per heavy atom. The maximum Gasteiger partial charge on any atom is 0.321 e. The van der Waals surface area contributed by atoms with Crippen LogP contribution in [0, 0.1) is 0 Å². The lowest BCUT2D eigenvalue weighted by Gasteiger charge is -2.23. The summed E-state index contributed by atoms with van der Waals surface area (Å²) in [4.78, 5) is 26.3. The van der Waals surface area contributed by atoms with Gasteiger partial charge >= 0.3 is 12.0 Å². The predicted molar refractivity (Wildman–Crippen MR) is 81.8 cm³/mol. The highest BCUT2D eigenvalue weighted by molar-refractivity contribution is 5.93. The zero-order chi connectivity index (χ0) is 15.2. The van der Waals surface area contributed by atoms with E-state index in [4.69, 9.17) is 5.11 Å². The van der Waals surface area contributed by atoms with Crippen molar-refractivity contribution >= 4 is 23.4 Å². The molecule has 0 aliphatic carbocycles. The Kier molecular flexibility index (Phi) is 5.03. The number of carboxylic acids is 1. The van der Waals surface area contributed by atoms with Crippen molar-refractivity contribution in [1.29, 1.82) is 0 Å². The van der Waals surface area contributed by atoms with Crippen LogP contribution in [0.3, 0.4) is 0 Å². The average molecular weight is 291 g/mol. The van der Waals surface area contributed by atoms with Crippen LogP contribution in [0.5, 0.6) is 0 Å². The van der Waals surface area contributed by atoms with E-state index >= 15 is 0 Å². The number of carbonyl (C=O) groups excluding carboxylic acids is 1. The molecule has 0 atom stereocenters. The first-order valence-corrected chi connectivity index (χ1v) is 7.16. The molecule has 0 bridgehead atoms. The summed E-state index contributed by atoms with van der Waals surface area (Å²) in [6.45, 7) is 2.19. The number of hydrogen-bond donors (Lipinski definition) is 2. The van der Waals surface area contributed by atoms with E-state index < -0.39 is 5.97 Å². The number of benzene rings is 1. The van der Waals surface area contributed by atoms with Crippen molar-refractivity contribution < 1.29 is 14.7 Å². The molecule has 1 fully saturated rings. The Labute approximate surface area is 124 Å². The second-order valence-corrected chi connectivity index (χ2v) is 5.21. The van der Waals surface area contributed by atoms with Gasteiger partial charge in [0.2, 0.25) is 0 Å². The van der Waals surface area contributed by atoms with Gasteiger partial charge in [0.1, 0.15) is 0 Å². The third-order valence-corrected chi connectivity index (χ3v) is 3.60. The fourth-order valence-electron chi connectivity index (χ4n) is 2.39. The first-order chi connectivity index (χ1) is 10.1. The molecular weight excluding hydrogens is 270 g/mol. The molecule has 0 radical (unpaired) electrons. The average Bonchev–Trinajstić information content (AvgIpc) is 2.99. The van der Waals surface area contributed by atoms with Crippen molar-refractivity contribution in [1.82, 2.24) is 4.90 Å². The second kappa shape index (κ2) is 6.97. The van der Waals surface area contributed by atoms with Crippen LogP contribution in [-0.4, -0.2) is 48.7 Å². The fraction of sp³-hybridized carbons (Fsp3) is 0.467. The van der Waals surface area contributed by atoms with Gasteiger partial charge in [-0.05, 0) is 25.0 Å². The standard InChI is InChI=1S/C15H21N3O3/c1-17(11-8-14(19)20)15(21)16-12-6-2-3-7-13(12)18-9-4-5-10-18/h2-3,6-7H,4-5,8-11H2,1H3,(H,16,21)(H,19,20). The van der Waals surface area contributed by atoms with Crippen molar-refractivity contribution in [3.8, 4) is 0 Å². The van der Waals surface area contributed by atoms with Gasteiger partial charge in [0.25, 0.3) is 0 Å². The smallest absolute Gasteiger partial charge is 0.321 e. The first kappa shape index (κ1) is 15.2. The van der Waals surface area contributed by atoms with E-state index in [0.717, 1.165) is 24.5 Å². The number of carboxylic acid groups (broad SMARTS) is 1. The van der Waals surface area contributed by atoms with Crippen molar-refractivity contribution in [2.75, 3.05) is 36.9 Å². The van der Waals surface area contributed by atoms with E-state index in [9.17, 15) is 9.59 Å². The van der Waals surface area contributed by atoms with E-state index in [1.54, 1.807) is 7.05 Å². The van der Waals surface area contributed by atoms with Gasteiger partial charge in [0.05, 0.1) is 17.8 Å². The predicted octanol–water partition coefficient (Wildman–Crippen LogP) is 2.23. The maximum absolute atomic E-state index is 12.1. The highest BCUT2D eigenvalue weighted by atomic mass is 16.4. The van der Waals surface area contributed by atoms with Gasteiger partial charge in [-0.25, -0.2) is 4.79 Å². The molecule has 0 unspecified atom stereocenters. The number of urea groups is 1. The van der Waals surface area contributed by atoms with Crippen molar-refractivity contribution in [2.45, 2.75) is 19.3 Å². The second-order valence-electron chi connectivity index (χ2n) is 5.21. The molecule has 1 aromatic rings. The summed E-state index contributed by atoms with van der Waals surface area (Å²) in [5, 5.41) is 11.5. The Hall–Kier alpha value is -2.24. The Balaban J connectivity index is 2.01. The minimum Gasteiger partial charge on any atom is -0.481 e. The molecular formula is C15H21N3O3. The number of aliphatic carboxylic acids is 1. The summed E-state index contributed by atoms with van der Waals surface area (Å²) in [5.74, 6) is -0.910. The van der Waals surface area contributed by atoms with Crippen LogP contribution in [0.4, 0.5) is 16.2 Å². The molecule has 6 heteroatoms. The van der Waals surface area contributed by atoms with Gasteiger partial charge in [-0.15, -0.1) is 0 Å². The Morgan fingerprint density at radius 3 is 2.62 bits per heavy atom. The molecule has 2 rings (SSSR count). The van der Waals surface area contributed by atoms with Crippen molar-refractivity contribution in [2.24, 2.45) is 0 Å². The maximum atomic E-state index is 12.1. The lowest BCUT2D eigenvalue weighted by Crippen LogP contribution is -2.33. The number of anilines is 2. The molecule has 114 valence electrons. The highest BCUT2D eigenvalue weighted by Gasteiger charge is 2.17. The lowest BCUT2D eigenvalue weighted by molar-refractivity contribution is -0.137. The summed E-state index contributed by atoms with van der Waals surface area (Å²) in [5.41, 5.74) is 1.79. The summed E-state index contributed by atoms with van der Waals surface area (Å²) in [6, 6.07) is 7.42. The largest absolute Gasteiger partial charge is 0.481 e. The van der Waals surface area contributed by atoms with E-state index in [1.165, 1.54) is 17.7 Å². The minimum absolute atomic E-state index is 0.0578. The van der Waals surface area contributed by atoms with Crippen LogP contribution in [0.15, 0.2) is 24.3 Å².